The van der Waals surface area contributed by atoms with Crippen LogP contribution in [0.3, 0.4) is 0 Å². The maximum absolute atomic E-state index is 11.9. The fourth-order valence-electron chi connectivity index (χ4n) is 2.14. The zero-order valence-corrected chi connectivity index (χ0v) is 17.0. The molecule has 0 aliphatic rings. The molecule has 2 rings (SSSR count). The first kappa shape index (κ1) is 23.1. The van der Waals surface area contributed by atoms with Gasteiger partial charge in [-0.3, -0.25) is 29.8 Å². The number of nitro groups is 1. The molecule has 1 aromatic heterocycles. The fraction of sp³-hybridized carbons (Fsp3) is 0.235. The number of nitro benzene ring substituents is 1. The number of ether oxygens (including phenoxy) is 1. The van der Waals surface area contributed by atoms with Crippen molar-refractivity contribution >= 4 is 44.8 Å². The summed E-state index contributed by atoms with van der Waals surface area (Å²) in [6, 6.07) is 7.84. The summed E-state index contributed by atoms with van der Waals surface area (Å²) in [5.74, 6) is -2.52. The summed E-state index contributed by atoms with van der Waals surface area (Å²) in [6.45, 7) is -0.715. The molecule has 0 atom stereocenters. The molecule has 0 saturated carbocycles. The molecule has 160 valence electrons. The van der Waals surface area contributed by atoms with Crippen molar-refractivity contribution in [3.05, 3.63) is 57.5 Å². The predicted octanol–water partition coefficient (Wildman–Crippen LogP) is 1.21. The van der Waals surface area contributed by atoms with Crippen molar-refractivity contribution in [1.82, 2.24) is 10.0 Å². The van der Waals surface area contributed by atoms with Crippen molar-refractivity contribution in [2.75, 3.05) is 13.2 Å². The molecule has 30 heavy (non-hydrogen) atoms. The van der Waals surface area contributed by atoms with Crippen LogP contribution in [0.4, 0.5) is 5.69 Å². The van der Waals surface area contributed by atoms with Crippen molar-refractivity contribution < 1.29 is 32.5 Å². The Kier molecular flexibility index (Phi) is 8.15. The van der Waals surface area contributed by atoms with Gasteiger partial charge in [0.2, 0.25) is 10.0 Å². The average Bonchev–Trinajstić information content (AvgIpc) is 3.25. The minimum absolute atomic E-state index is 0.00675. The molecule has 0 aliphatic carbocycles. The molecule has 1 heterocycles. The van der Waals surface area contributed by atoms with Crippen LogP contribution in [0.25, 0.3) is 0 Å². The molecular weight excluding hydrogens is 438 g/mol. The highest BCUT2D eigenvalue weighted by atomic mass is 32.2. The summed E-state index contributed by atoms with van der Waals surface area (Å²) in [7, 11) is -3.62. The van der Waals surface area contributed by atoms with Gasteiger partial charge in [-0.1, -0.05) is 12.1 Å². The fourth-order valence-corrected chi connectivity index (χ4v) is 4.25. The van der Waals surface area contributed by atoms with Crippen LogP contribution < -0.4 is 10.0 Å². The zero-order valence-electron chi connectivity index (χ0n) is 15.4. The number of non-ortho nitro benzene ring substituents is 1. The summed E-state index contributed by atoms with van der Waals surface area (Å²) in [4.78, 5) is 45.3. The van der Waals surface area contributed by atoms with E-state index >= 15 is 0 Å². The highest BCUT2D eigenvalue weighted by Gasteiger charge is 2.16. The van der Waals surface area contributed by atoms with Gasteiger partial charge in [-0.2, -0.15) is 0 Å². The van der Waals surface area contributed by atoms with E-state index < -0.39 is 39.3 Å². The summed E-state index contributed by atoms with van der Waals surface area (Å²) in [5, 5.41) is 14.3. The van der Waals surface area contributed by atoms with E-state index in [-0.39, 0.29) is 34.8 Å². The highest BCUT2D eigenvalue weighted by molar-refractivity contribution is 7.91. The topological polar surface area (TPSA) is 162 Å². The lowest BCUT2D eigenvalue weighted by atomic mass is 10.2. The number of nitrogens with one attached hydrogen (secondary N) is 2. The Labute approximate surface area is 175 Å². The number of carbonyl (C=O) groups is 3. The highest BCUT2D eigenvalue weighted by Crippen LogP contribution is 2.15. The predicted molar refractivity (Wildman–Crippen MR) is 105 cm³/mol. The van der Waals surface area contributed by atoms with Crippen LogP contribution in [-0.4, -0.2) is 44.3 Å². The Bertz CT molecular complexity index is 1040. The molecule has 2 amide bonds. The number of nitrogens with zero attached hydrogens (tertiary/aromatic N) is 1. The van der Waals surface area contributed by atoms with E-state index in [1.54, 1.807) is 11.4 Å². The van der Waals surface area contributed by atoms with Crippen molar-refractivity contribution in [3.63, 3.8) is 0 Å². The summed E-state index contributed by atoms with van der Waals surface area (Å²) >= 11 is 1.06. The lowest BCUT2D eigenvalue weighted by Crippen LogP contribution is -2.34. The molecule has 2 aromatic rings. The third-order valence-corrected chi connectivity index (χ3v) is 6.40. The lowest BCUT2D eigenvalue weighted by molar-refractivity contribution is -0.384. The van der Waals surface area contributed by atoms with Crippen LogP contribution in [0, 0.1) is 10.1 Å². The molecule has 0 bridgehead atoms. The average molecular weight is 455 g/mol. The van der Waals surface area contributed by atoms with E-state index in [0.29, 0.717) is 0 Å². The number of sulfonamides is 1. The maximum atomic E-state index is 11.9. The lowest BCUT2D eigenvalue weighted by Gasteiger charge is -2.07. The van der Waals surface area contributed by atoms with Gasteiger partial charge in [0.25, 0.3) is 17.5 Å². The first-order valence-corrected chi connectivity index (χ1v) is 10.8. The van der Waals surface area contributed by atoms with Crippen LogP contribution in [0.2, 0.25) is 0 Å². The van der Waals surface area contributed by atoms with Gasteiger partial charge in [0, 0.05) is 30.7 Å². The molecule has 11 nitrogen and oxygen atoms in total. The molecule has 2 N–H and O–H groups in total. The van der Waals surface area contributed by atoms with Crippen molar-refractivity contribution in [2.24, 2.45) is 0 Å². The SMILES string of the molecule is O=C(COC(=O)CCCNS(=O)(=O)c1cccs1)NC(=O)c1cccc([N+](=O)[O-])c1. The van der Waals surface area contributed by atoms with Crippen LogP contribution in [-0.2, 0) is 24.3 Å². The molecular formula is C17H17N3O8S2. The van der Waals surface area contributed by atoms with Gasteiger partial charge < -0.3 is 4.74 Å². The van der Waals surface area contributed by atoms with Gasteiger partial charge in [0.1, 0.15) is 4.21 Å². The van der Waals surface area contributed by atoms with Gasteiger partial charge in [0.05, 0.1) is 4.92 Å². The Balaban J connectivity index is 1.69. The van der Waals surface area contributed by atoms with Gasteiger partial charge in [0.15, 0.2) is 6.61 Å². The number of esters is 1. The van der Waals surface area contributed by atoms with E-state index in [4.69, 9.17) is 4.74 Å². The molecule has 0 saturated heterocycles. The van der Waals surface area contributed by atoms with E-state index in [1.165, 1.54) is 24.3 Å². The van der Waals surface area contributed by atoms with Gasteiger partial charge in [-0.05, 0) is 23.9 Å². The maximum Gasteiger partial charge on any atom is 0.306 e. The van der Waals surface area contributed by atoms with Gasteiger partial charge in [-0.25, -0.2) is 13.1 Å². The number of thiophene rings is 1. The second kappa shape index (κ2) is 10.6. The van der Waals surface area contributed by atoms with Crippen LogP contribution >= 0.6 is 11.3 Å². The normalized spacial score (nSPS) is 10.9. The largest absolute Gasteiger partial charge is 0.456 e. The van der Waals surface area contributed by atoms with Crippen LogP contribution in [0.1, 0.15) is 23.2 Å². The van der Waals surface area contributed by atoms with Crippen molar-refractivity contribution in [1.29, 1.82) is 0 Å². The molecule has 0 unspecified atom stereocenters. The number of hydrogen-bond donors (Lipinski definition) is 2. The molecule has 1 aromatic carbocycles. The first-order valence-electron chi connectivity index (χ1n) is 8.46. The Morgan fingerprint density at radius 2 is 1.93 bits per heavy atom. The summed E-state index contributed by atoms with van der Waals surface area (Å²) in [5.41, 5.74) is -0.405. The number of carbonyl (C=O) groups excluding carboxylic acids is 3. The third-order valence-electron chi connectivity index (χ3n) is 3.55. The van der Waals surface area contributed by atoms with Crippen LogP contribution in [0.5, 0.6) is 0 Å². The molecule has 0 aliphatic heterocycles. The number of imide groups is 1. The quantitative estimate of drug-likeness (QED) is 0.234. The molecule has 0 radical (unpaired) electrons. The number of benzene rings is 1. The van der Waals surface area contributed by atoms with Crippen molar-refractivity contribution in [2.45, 2.75) is 17.1 Å². The Morgan fingerprint density at radius 1 is 1.17 bits per heavy atom. The standard InChI is InChI=1S/C17H17N3O8S2/c21-14(19-17(23)12-4-1-5-13(10-12)20(24)25)11-28-15(22)6-2-8-18-30(26,27)16-7-3-9-29-16/h1,3-5,7,9-10,18H,2,6,8,11H2,(H,19,21,23). The third kappa shape index (κ3) is 7.02. The Hall–Kier alpha value is -3.16. The van der Waals surface area contributed by atoms with Gasteiger partial charge >= 0.3 is 5.97 Å². The Morgan fingerprint density at radius 3 is 2.60 bits per heavy atom. The monoisotopic (exact) mass is 455 g/mol. The van der Waals surface area contributed by atoms with E-state index in [9.17, 15) is 32.9 Å². The van der Waals surface area contributed by atoms with E-state index in [1.807, 2.05) is 5.32 Å². The second-order valence-electron chi connectivity index (χ2n) is 5.78. The molecule has 13 heteroatoms. The number of hydrogen-bond acceptors (Lipinski definition) is 9. The van der Waals surface area contributed by atoms with Gasteiger partial charge in [-0.15, -0.1) is 11.3 Å². The first-order chi connectivity index (χ1) is 14.2. The van der Waals surface area contributed by atoms with Crippen molar-refractivity contribution in [3.8, 4) is 0 Å². The van der Waals surface area contributed by atoms with Crippen LogP contribution in [0.15, 0.2) is 46.0 Å². The minimum Gasteiger partial charge on any atom is -0.456 e. The number of amides is 2. The molecule has 0 spiro atoms. The number of rotatable bonds is 10. The second-order valence-corrected chi connectivity index (χ2v) is 8.72. The zero-order chi connectivity index (χ0) is 22.1. The summed E-state index contributed by atoms with van der Waals surface area (Å²) < 4.78 is 31.0. The minimum atomic E-state index is -3.62. The summed E-state index contributed by atoms with van der Waals surface area (Å²) in [6.07, 6.45) is 0.0107. The van der Waals surface area contributed by atoms with E-state index in [0.717, 1.165) is 17.4 Å². The van der Waals surface area contributed by atoms with E-state index in [2.05, 4.69) is 4.72 Å². The molecule has 0 fully saturated rings. The smallest absolute Gasteiger partial charge is 0.306 e.